The molecule has 0 spiro atoms. The van der Waals surface area contributed by atoms with Crippen molar-refractivity contribution >= 4 is 35.0 Å². The maximum absolute atomic E-state index is 13.7. The van der Waals surface area contributed by atoms with Crippen molar-refractivity contribution in [3.8, 4) is 5.75 Å². The molecule has 31 heavy (non-hydrogen) atoms. The summed E-state index contributed by atoms with van der Waals surface area (Å²) in [4.78, 5) is 24.8. The second-order valence-corrected chi connectivity index (χ2v) is 7.40. The maximum Gasteiger partial charge on any atom is 0.279 e. The summed E-state index contributed by atoms with van der Waals surface area (Å²) in [6, 6.07) is 12.9. The molecule has 2 N–H and O–H groups in total. The van der Waals surface area contributed by atoms with Gasteiger partial charge in [0, 0.05) is 5.02 Å². The lowest BCUT2D eigenvalue weighted by Gasteiger charge is -2.15. The molecule has 0 aliphatic heterocycles. The lowest BCUT2D eigenvalue weighted by molar-refractivity contribution is -0.128. The minimum Gasteiger partial charge on any atom is -0.478 e. The van der Waals surface area contributed by atoms with Crippen LogP contribution in [0.3, 0.4) is 0 Å². The number of nitrogens with zero attached hydrogens (tertiary/aromatic N) is 2. The van der Waals surface area contributed by atoms with Gasteiger partial charge in [0.05, 0.1) is 12.2 Å². The Kier molecular flexibility index (Phi) is 7.14. The smallest absolute Gasteiger partial charge is 0.279 e. The topological polar surface area (TPSA) is 85.3 Å². The summed E-state index contributed by atoms with van der Waals surface area (Å²) in [6.45, 7) is 3.32. The Morgan fingerprint density at radius 3 is 2.52 bits per heavy atom. The molecule has 3 aromatic rings. The van der Waals surface area contributed by atoms with Gasteiger partial charge in [-0.15, -0.1) is 0 Å². The van der Waals surface area contributed by atoms with Crippen molar-refractivity contribution in [3.05, 3.63) is 81.3 Å². The van der Waals surface area contributed by atoms with E-state index in [1.54, 1.807) is 25.1 Å². The van der Waals surface area contributed by atoms with Crippen LogP contribution in [0.15, 0.2) is 48.5 Å². The van der Waals surface area contributed by atoms with E-state index in [4.69, 9.17) is 27.9 Å². The Labute approximate surface area is 188 Å². The molecule has 0 saturated carbocycles. The van der Waals surface area contributed by atoms with E-state index in [1.807, 2.05) is 12.1 Å². The maximum atomic E-state index is 13.7. The Hall–Kier alpha value is -3.10. The summed E-state index contributed by atoms with van der Waals surface area (Å²) in [5.41, 5.74) is 5.78. The largest absolute Gasteiger partial charge is 0.478 e. The molecule has 0 saturated heterocycles. The van der Waals surface area contributed by atoms with Crippen molar-refractivity contribution in [2.75, 3.05) is 0 Å². The molecule has 10 heteroatoms. The first kappa shape index (κ1) is 22.6. The third kappa shape index (κ3) is 5.34. The molecule has 0 aliphatic rings. The molecule has 1 unspecified atom stereocenters. The summed E-state index contributed by atoms with van der Waals surface area (Å²) in [5.74, 6) is -2.00. The van der Waals surface area contributed by atoms with Crippen LogP contribution in [0.1, 0.15) is 28.5 Å². The van der Waals surface area contributed by atoms with Crippen LogP contribution in [0.5, 0.6) is 5.75 Å². The number of benzene rings is 2. The van der Waals surface area contributed by atoms with Crippen LogP contribution in [-0.2, 0) is 11.3 Å². The fraction of sp³-hybridized carbons (Fsp3) is 0.190. The van der Waals surface area contributed by atoms with Gasteiger partial charge in [0.1, 0.15) is 10.7 Å². The van der Waals surface area contributed by atoms with E-state index < -0.39 is 23.7 Å². The number of amides is 2. The van der Waals surface area contributed by atoms with Crippen molar-refractivity contribution in [1.82, 2.24) is 20.6 Å². The molecule has 0 radical (unpaired) electrons. The molecule has 0 fully saturated rings. The first-order chi connectivity index (χ1) is 14.8. The van der Waals surface area contributed by atoms with Gasteiger partial charge in [-0.1, -0.05) is 53.5 Å². The molecule has 1 aromatic heterocycles. The van der Waals surface area contributed by atoms with Crippen LogP contribution < -0.4 is 15.6 Å². The Morgan fingerprint density at radius 2 is 1.81 bits per heavy atom. The standard InChI is InChI=1S/C21H19Cl2FN4O3/c1-12-18(19(23)28(27-12)11-14-7-3-4-8-15(14)22)21(30)26-25-20(29)13(2)31-17-10-6-5-9-16(17)24/h3-10,13H,11H2,1-2H3,(H,25,29)(H,26,30). The quantitative estimate of drug-likeness (QED) is 0.541. The van der Waals surface area contributed by atoms with Crippen LogP contribution >= 0.6 is 23.2 Å². The van der Waals surface area contributed by atoms with E-state index in [0.29, 0.717) is 10.7 Å². The number of rotatable bonds is 6. The monoisotopic (exact) mass is 464 g/mol. The first-order valence-corrected chi connectivity index (χ1v) is 10.0. The lowest BCUT2D eigenvalue weighted by Crippen LogP contribution is -2.47. The number of ether oxygens (including phenoxy) is 1. The average molecular weight is 465 g/mol. The van der Waals surface area contributed by atoms with Crippen molar-refractivity contribution in [3.63, 3.8) is 0 Å². The zero-order chi connectivity index (χ0) is 22.5. The number of para-hydroxylation sites is 1. The van der Waals surface area contributed by atoms with Gasteiger partial charge in [-0.3, -0.25) is 20.4 Å². The normalized spacial score (nSPS) is 11.6. The number of carbonyl (C=O) groups excluding carboxylic acids is 2. The molecule has 1 atom stereocenters. The van der Waals surface area contributed by atoms with Crippen LogP contribution in [-0.4, -0.2) is 27.7 Å². The molecule has 162 valence electrons. The van der Waals surface area contributed by atoms with Crippen LogP contribution in [0, 0.1) is 12.7 Å². The molecule has 0 aliphatic carbocycles. The predicted molar refractivity (Wildman–Crippen MR) is 115 cm³/mol. The van der Waals surface area contributed by atoms with Crippen LogP contribution in [0.2, 0.25) is 10.2 Å². The van der Waals surface area contributed by atoms with E-state index in [-0.39, 0.29) is 23.0 Å². The van der Waals surface area contributed by atoms with Crippen LogP contribution in [0.25, 0.3) is 0 Å². The highest BCUT2D eigenvalue weighted by atomic mass is 35.5. The third-order valence-electron chi connectivity index (χ3n) is 4.38. The number of nitrogens with one attached hydrogen (secondary N) is 2. The number of aromatic nitrogens is 2. The SMILES string of the molecule is Cc1nn(Cc2ccccc2Cl)c(Cl)c1C(=O)NNC(=O)C(C)Oc1ccccc1F. The van der Waals surface area contributed by atoms with Gasteiger partial charge in [-0.25, -0.2) is 9.07 Å². The minimum absolute atomic E-state index is 0.0729. The second-order valence-electron chi connectivity index (χ2n) is 6.63. The van der Waals surface area contributed by atoms with Crippen LogP contribution in [0.4, 0.5) is 4.39 Å². The van der Waals surface area contributed by atoms with E-state index in [9.17, 15) is 14.0 Å². The highest BCUT2D eigenvalue weighted by molar-refractivity contribution is 6.33. The predicted octanol–water partition coefficient (Wildman–Crippen LogP) is 3.91. The van der Waals surface area contributed by atoms with Crippen molar-refractivity contribution in [2.24, 2.45) is 0 Å². The summed E-state index contributed by atoms with van der Waals surface area (Å²) < 4.78 is 20.4. The highest BCUT2D eigenvalue weighted by Gasteiger charge is 2.23. The summed E-state index contributed by atoms with van der Waals surface area (Å²) in [5, 5.41) is 4.93. The molecular weight excluding hydrogens is 446 g/mol. The minimum atomic E-state index is -1.06. The molecule has 2 amide bonds. The Balaban J connectivity index is 1.64. The van der Waals surface area contributed by atoms with Gasteiger partial charge in [0.15, 0.2) is 17.7 Å². The van der Waals surface area contributed by atoms with Crippen molar-refractivity contribution in [1.29, 1.82) is 0 Å². The molecule has 3 rings (SSSR count). The van der Waals surface area contributed by atoms with Gasteiger partial charge < -0.3 is 4.74 Å². The number of carbonyl (C=O) groups is 2. The van der Waals surface area contributed by atoms with Gasteiger partial charge in [0.2, 0.25) is 0 Å². The van der Waals surface area contributed by atoms with Gasteiger partial charge in [-0.05, 0) is 37.6 Å². The lowest BCUT2D eigenvalue weighted by atomic mass is 10.2. The fourth-order valence-electron chi connectivity index (χ4n) is 2.77. The molecule has 7 nitrogen and oxygen atoms in total. The number of hydrogen-bond acceptors (Lipinski definition) is 4. The van der Waals surface area contributed by atoms with E-state index in [0.717, 1.165) is 5.56 Å². The number of aryl methyl sites for hydroxylation is 1. The highest BCUT2D eigenvalue weighted by Crippen LogP contribution is 2.23. The Bertz CT molecular complexity index is 1120. The van der Waals surface area contributed by atoms with E-state index in [2.05, 4.69) is 16.0 Å². The second kappa shape index (κ2) is 9.80. The molecule has 1 heterocycles. The summed E-state index contributed by atoms with van der Waals surface area (Å²) in [7, 11) is 0. The van der Waals surface area contributed by atoms with Gasteiger partial charge in [-0.2, -0.15) is 5.10 Å². The summed E-state index contributed by atoms with van der Waals surface area (Å²) >= 11 is 12.5. The summed E-state index contributed by atoms with van der Waals surface area (Å²) in [6.07, 6.45) is -1.06. The third-order valence-corrected chi connectivity index (χ3v) is 5.13. The van der Waals surface area contributed by atoms with E-state index >= 15 is 0 Å². The number of hydrazine groups is 1. The van der Waals surface area contributed by atoms with Crippen molar-refractivity contribution < 1.29 is 18.7 Å². The van der Waals surface area contributed by atoms with Gasteiger partial charge >= 0.3 is 0 Å². The van der Waals surface area contributed by atoms with Crippen molar-refractivity contribution in [2.45, 2.75) is 26.5 Å². The molecule has 0 bridgehead atoms. The first-order valence-electron chi connectivity index (χ1n) is 9.25. The fourth-order valence-corrected chi connectivity index (χ4v) is 3.29. The number of halogens is 3. The average Bonchev–Trinajstić information content (AvgIpc) is 3.02. The van der Waals surface area contributed by atoms with E-state index in [1.165, 1.54) is 29.8 Å². The molecular formula is C21H19Cl2FN4O3. The molecule has 2 aromatic carbocycles. The Morgan fingerprint density at radius 1 is 1.13 bits per heavy atom. The van der Waals surface area contributed by atoms with Gasteiger partial charge in [0.25, 0.3) is 11.8 Å². The zero-order valence-corrected chi connectivity index (χ0v) is 18.2. The number of hydrogen-bond donors (Lipinski definition) is 2. The zero-order valence-electron chi connectivity index (χ0n) is 16.7.